The molecule has 0 spiro atoms. The van der Waals surface area contributed by atoms with Crippen molar-refractivity contribution in [3.8, 4) is 11.5 Å². The van der Waals surface area contributed by atoms with Crippen LogP contribution in [0.15, 0.2) is 60.7 Å². The van der Waals surface area contributed by atoms with Gasteiger partial charge in [-0.3, -0.25) is 9.59 Å². The first-order valence-electron chi connectivity index (χ1n) is 5.09. The summed E-state index contributed by atoms with van der Waals surface area (Å²) < 4.78 is 5.58. The summed E-state index contributed by atoms with van der Waals surface area (Å²) in [5.74, 6) is 1.74. The molecule has 5 nitrogen and oxygen atoms in total. The first-order chi connectivity index (χ1) is 9.28. The summed E-state index contributed by atoms with van der Waals surface area (Å²) in [5, 5.41) is 13.5. The Morgan fingerprint density at radius 1 is 0.684 bits per heavy atom. The molecule has 5 heteroatoms. The van der Waals surface area contributed by atoms with Gasteiger partial charge in [-0.2, -0.15) is 0 Å². The number of carbonyl (C=O) groups excluding carboxylic acids is 2. The van der Waals surface area contributed by atoms with E-state index < -0.39 is 0 Å². The van der Waals surface area contributed by atoms with Crippen LogP contribution in [0.3, 0.4) is 0 Å². The second kappa shape index (κ2) is 11.5. The Balaban J connectivity index is 0.000000465. The fourth-order valence-electron chi connectivity index (χ4n) is 1.11. The second-order valence-corrected chi connectivity index (χ2v) is 2.91. The largest absolute Gasteiger partial charge is 0.724 e. The lowest BCUT2D eigenvalue weighted by molar-refractivity contribution is 0.482. The van der Waals surface area contributed by atoms with Crippen LogP contribution in [0.4, 0.5) is 0 Å². The van der Waals surface area contributed by atoms with Crippen LogP contribution in [-0.2, 0) is 9.59 Å². The summed E-state index contributed by atoms with van der Waals surface area (Å²) in [6, 6.07) is 19.5. The minimum Gasteiger partial charge on any atom is -0.724 e. The molecule has 0 radical (unpaired) electrons. The van der Waals surface area contributed by atoms with Gasteiger partial charge in [0, 0.05) is 0 Å². The molecule has 0 aliphatic carbocycles. The first-order valence-corrected chi connectivity index (χ1v) is 5.09. The Kier molecular flexibility index (Phi) is 9.67. The highest BCUT2D eigenvalue weighted by molar-refractivity contribution is 5.37. The zero-order chi connectivity index (χ0) is 14.3. The maximum Gasteiger partial charge on any atom is 0.127 e. The van der Waals surface area contributed by atoms with Crippen LogP contribution < -0.4 is 4.74 Å². The van der Waals surface area contributed by atoms with E-state index in [0.29, 0.717) is 12.2 Å². The summed E-state index contributed by atoms with van der Waals surface area (Å²) in [7, 11) is 0. The van der Waals surface area contributed by atoms with E-state index in [1.54, 1.807) is 0 Å². The fourth-order valence-corrected chi connectivity index (χ4v) is 1.11. The highest BCUT2D eigenvalue weighted by Crippen LogP contribution is 2.19. The van der Waals surface area contributed by atoms with Crippen molar-refractivity contribution in [2.75, 3.05) is 0 Å². The van der Waals surface area contributed by atoms with E-state index >= 15 is 0 Å². The quantitative estimate of drug-likeness (QED) is 0.608. The van der Waals surface area contributed by atoms with Gasteiger partial charge in [0.15, 0.2) is 0 Å². The maximum atomic E-state index is 8.24. The summed E-state index contributed by atoms with van der Waals surface area (Å²) in [6.45, 7) is 0. The molecule has 0 fully saturated rings. The molecule has 0 bridgehead atoms. The number of hydrogen-bond acceptors (Lipinski definition) is 3. The topological polar surface area (TPSA) is 88.0 Å². The predicted octanol–water partition coefficient (Wildman–Crippen LogP) is 3.26. The lowest BCUT2D eigenvalue weighted by Crippen LogP contribution is -1.81. The molecule has 0 amide bonds. The second-order valence-electron chi connectivity index (χ2n) is 2.91. The van der Waals surface area contributed by atoms with Gasteiger partial charge in [0.2, 0.25) is 0 Å². The lowest BCUT2D eigenvalue weighted by Gasteiger charge is -2.03. The predicted molar refractivity (Wildman–Crippen MR) is 71.1 cm³/mol. The van der Waals surface area contributed by atoms with E-state index in [1.807, 2.05) is 60.7 Å². The van der Waals surface area contributed by atoms with Crippen LogP contribution in [0.2, 0.25) is 0 Å². The Morgan fingerprint density at radius 2 is 0.947 bits per heavy atom. The molecular formula is C14H10N2O3-2. The van der Waals surface area contributed by atoms with Crippen molar-refractivity contribution < 1.29 is 14.3 Å². The van der Waals surface area contributed by atoms with Crippen molar-refractivity contribution in [1.82, 2.24) is 0 Å². The maximum absolute atomic E-state index is 8.24. The van der Waals surface area contributed by atoms with Crippen molar-refractivity contribution in [1.29, 1.82) is 0 Å². The monoisotopic (exact) mass is 254 g/mol. The molecule has 2 aromatic rings. The van der Waals surface area contributed by atoms with Crippen molar-refractivity contribution in [2.24, 2.45) is 0 Å². The van der Waals surface area contributed by atoms with Gasteiger partial charge in [-0.25, -0.2) is 0 Å². The smallest absolute Gasteiger partial charge is 0.127 e. The lowest BCUT2D eigenvalue weighted by atomic mass is 10.3. The molecule has 0 N–H and O–H groups in total. The van der Waals surface area contributed by atoms with Gasteiger partial charge in [-0.05, 0) is 36.4 Å². The molecule has 96 valence electrons. The van der Waals surface area contributed by atoms with Gasteiger partial charge >= 0.3 is 0 Å². The van der Waals surface area contributed by atoms with E-state index in [1.165, 1.54) is 0 Å². The number of para-hydroxylation sites is 2. The normalized spacial score (nSPS) is 7.37. The summed E-state index contributed by atoms with van der Waals surface area (Å²) in [6.07, 6.45) is 1.00. The molecule has 2 rings (SSSR count). The summed E-state index contributed by atoms with van der Waals surface area (Å²) in [4.78, 5) is 16.5. The zero-order valence-corrected chi connectivity index (χ0v) is 9.89. The van der Waals surface area contributed by atoms with Crippen LogP contribution in [0.5, 0.6) is 11.5 Å². The Bertz CT molecular complexity index is 465. The highest BCUT2D eigenvalue weighted by Gasteiger charge is 1.92. The van der Waals surface area contributed by atoms with Crippen LogP contribution in [0.25, 0.3) is 10.8 Å². The number of isocyanates is 2. The van der Waals surface area contributed by atoms with Gasteiger partial charge in [0.05, 0.1) is 0 Å². The fraction of sp³-hybridized carbons (Fsp3) is 0. The molecule has 0 unspecified atom stereocenters. The van der Waals surface area contributed by atoms with Crippen molar-refractivity contribution in [3.05, 3.63) is 71.5 Å². The molecule has 19 heavy (non-hydrogen) atoms. The van der Waals surface area contributed by atoms with Crippen LogP contribution >= 0.6 is 0 Å². The Hall–Kier alpha value is -3.00. The third-order valence-corrected chi connectivity index (χ3v) is 1.72. The van der Waals surface area contributed by atoms with Crippen molar-refractivity contribution in [2.45, 2.75) is 0 Å². The molecule has 0 aromatic heterocycles. The van der Waals surface area contributed by atoms with E-state index in [9.17, 15) is 0 Å². The standard InChI is InChI=1S/C12H10O.2CNO/c1-3-7-11(8-4-1)13-12-9-5-2-6-10-12;2*2-1-3/h1-10H;;/q;2*-1. The van der Waals surface area contributed by atoms with E-state index in [0.717, 1.165) is 11.5 Å². The number of ether oxygens (including phenoxy) is 1. The molecule has 2 aromatic carbocycles. The van der Waals surface area contributed by atoms with E-state index in [4.69, 9.17) is 25.1 Å². The average molecular weight is 254 g/mol. The summed E-state index contributed by atoms with van der Waals surface area (Å²) in [5.41, 5.74) is 0. The molecule has 0 saturated carbocycles. The molecular weight excluding hydrogens is 244 g/mol. The van der Waals surface area contributed by atoms with Crippen LogP contribution in [0.1, 0.15) is 0 Å². The van der Waals surface area contributed by atoms with Crippen molar-refractivity contribution in [3.63, 3.8) is 0 Å². The zero-order valence-electron chi connectivity index (χ0n) is 9.89. The molecule has 0 aliphatic heterocycles. The van der Waals surface area contributed by atoms with E-state index in [2.05, 4.69) is 0 Å². The molecule has 0 aliphatic rings. The SMILES string of the molecule is [N-]=C=O.[N-]=C=O.c1ccc(Oc2ccccc2)cc1. The molecule has 0 atom stereocenters. The van der Waals surface area contributed by atoms with Gasteiger partial charge in [-0.15, -0.1) is 0 Å². The molecule has 0 saturated heterocycles. The molecule has 0 heterocycles. The Labute approximate surface area is 110 Å². The van der Waals surface area contributed by atoms with Crippen LogP contribution in [-0.4, -0.2) is 12.2 Å². The van der Waals surface area contributed by atoms with Gasteiger partial charge in [0.25, 0.3) is 0 Å². The number of benzene rings is 2. The summed E-state index contributed by atoms with van der Waals surface area (Å²) >= 11 is 0. The minimum atomic E-state index is 0.500. The van der Waals surface area contributed by atoms with Gasteiger partial charge < -0.3 is 15.6 Å². The number of rotatable bonds is 2. The number of nitrogens with zero attached hydrogens (tertiary/aromatic N) is 2. The first kappa shape index (κ1) is 16.0. The third kappa shape index (κ3) is 8.77. The minimum absolute atomic E-state index is 0.500. The number of hydrogen-bond donors (Lipinski definition) is 0. The Morgan fingerprint density at radius 3 is 1.21 bits per heavy atom. The van der Waals surface area contributed by atoms with E-state index in [-0.39, 0.29) is 0 Å². The van der Waals surface area contributed by atoms with Crippen molar-refractivity contribution >= 4 is 12.2 Å². The third-order valence-electron chi connectivity index (χ3n) is 1.72. The van der Waals surface area contributed by atoms with Gasteiger partial charge in [0.1, 0.15) is 11.5 Å². The van der Waals surface area contributed by atoms with Gasteiger partial charge in [-0.1, -0.05) is 36.4 Å². The van der Waals surface area contributed by atoms with Crippen LogP contribution in [0, 0.1) is 0 Å². The average Bonchev–Trinajstić information content (AvgIpc) is 2.43. The highest BCUT2D eigenvalue weighted by atomic mass is 16.5.